The second-order valence-corrected chi connectivity index (χ2v) is 4.11. The topological polar surface area (TPSA) is 44.4 Å². The van der Waals surface area contributed by atoms with E-state index in [9.17, 15) is 4.79 Å². The van der Waals surface area contributed by atoms with Gasteiger partial charge in [-0.15, -0.1) is 0 Å². The van der Waals surface area contributed by atoms with Crippen molar-refractivity contribution in [1.29, 1.82) is 0 Å². The Labute approximate surface area is 97.7 Å². The predicted molar refractivity (Wildman–Crippen MR) is 64.5 cm³/mol. The van der Waals surface area contributed by atoms with Crippen LogP contribution >= 0.6 is 15.9 Å². The second kappa shape index (κ2) is 5.85. The molecular weight excluding hydrogens is 258 g/mol. The Balaban J connectivity index is 2.48. The second-order valence-electron chi connectivity index (χ2n) is 3.26. The van der Waals surface area contributed by atoms with Crippen molar-refractivity contribution < 1.29 is 4.79 Å². The van der Waals surface area contributed by atoms with E-state index in [1.165, 1.54) is 0 Å². The maximum atomic E-state index is 11.4. The standard InChI is InChI=1S/C10H14BrN3O/c1-14(2)12-7-10(15)13-9-6-4-3-5-8(9)11/h3-6,12H,7H2,1-2H3,(H,13,15). The van der Waals surface area contributed by atoms with E-state index in [1.54, 1.807) is 5.01 Å². The highest BCUT2D eigenvalue weighted by atomic mass is 79.9. The molecule has 4 nitrogen and oxygen atoms in total. The summed E-state index contributed by atoms with van der Waals surface area (Å²) in [5.74, 6) is -0.0735. The first-order chi connectivity index (χ1) is 7.09. The van der Waals surface area contributed by atoms with Gasteiger partial charge in [0.05, 0.1) is 12.2 Å². The third-order valence-corrected chi connectivity index (χ3v) is 2.40. The van der Waals surface area contributed by atoms with Crippen LogP contribution in [-0.4, -0.2) is 31.6 Å². The van der Waals surface area contributed by atoms with Gasteiger partial charge in [0.2, 0.25) is 5.91 Å². The minimum Gasteiger partial charge on any atom is -0.324 e. The summed E-state index contributed by atoms with van der Waals surface area (Å²) >= 11 is 3.36. The summed E-state index contributed by atoms with van der Waals surface area (Å²) in [5, 5.41) is 4.53. The summed E-state index contributed by atoms with van der Waals surface area (Å²) in [6.45, 7) is 0.258. The quantitative estimate of drug-likeness (QED) is 0.815. The summed E-state index contributed by atoms with van der Waals surface area (Å²) < 4.78 is 0.878. The van der Waals surface area contributed by atoms with Crippen molar-refractivity contribution in [3.8, 4) is 0 Å². The summed E-state index contributed by atoms with van der Waals surface area (Å²) in [6, 6.07) is 7.50. The molecule has 0 fully saturated rings. The highest BCUT2D eigenvalue weighted by Crippen LogP contribution is 2.20. The molecule has 0 spiro atoms. The van der Waals surface area contributed by atoms with Gasteiger partial charge in [0, 0.05) is 18.6 Å². The van der Waals surface area contributed by atoms with Gasteiger partial charge in [0.25, 0.3) is 0 Å². The molecular formula is C10H14BrN3O. The van der Waals surface area contributed by atoms with E-state index < -0.39 is 0 Å². The molecule has 0 aromatic heterocycles. The van der Waals surface area contributed by atoms with Crippen LogP contribution in [0.2, 0.25) is 0 Å². The molecule has 0 aliphatic rings. The van der Waals surface area contributed by atoms with Gasteiger partial charge in [0.1, 0.15) is 0 Å². The van der Waals surface area contributed by atoms with Crippen molar-refractivity contribution in [2.45, 2.75) is 0 Å². The van der Waals surface area contributed by atoms with Crippen molar-refractivity contribution in [3.05, 3.63) is 28.7 Å². The molecule has 0 saturated carbocycles. The lowest BCUT2D eigenvalue weighted by Gasteiger charge is -2.12. The molecule has 0 atom stereocenters. The lowest BCUT2D eigenvalue weighted by atomic mass is 10.3. The number of hydrogen-bond donors (Lipinski definition) is 2. The van der Waals surface area contributed by atoms with Crippen LogP contribution in [0, 0.1) is 0 Å². The largest absolute Gasteiger partial charge is 0.324 e. The fraction of sp³-hybridized carbons (Fsp3) is 0.300. The Morgan fingerprint density at radius 1 is 1.40 bits per heavy atom. The zero-order valence-electron chi connectivity index (χ0n) is 8.75. The molecule has 2 N–H and O–H groups in total. The first-order valence-electron chi connectivity index (χ1n) is 4.55. The van der Waals surface area contributed by atoms with Gasteiger partial charge >= 0.3 is 0 Å². The summed E-state index contributed by atoms with van der Waals surface area (Å²) in [6.07, 6.45) is 0. The first-order valence-corrected chi connectivity index (χ1v) is 5.34. The van der Waals surface area contributed by atoms with E-state index in [2.05, 4.69) is 26.7 Å². The summed E-state index contributed by atoms with van der Waals surface area (Å²) in [7, 11) is 3.68. The average Bonchev–Trinajstić information content (AvgIpc) is 2.18. The molecule has 0 saturated heterocycles. The number of hydrogen-bond acceptors (Lipinski definition) is 3. The number of benzene rings is 1. The number of nitrogens with zero attached hydrogens (tertiary/aromatic N) is 1. The number of para-hydroxylation sites is 1. The SMILES string of the molecule is CN(C)NCC(=O)Nc1ccccc1Br. The van der Waals surface area contributed by atoms with Crippen LogP contribution in [0.25, 0.3) is 0 Å². The van der Waals surface area contributed by atoms with Crippen molar-refractivity contribution in [2.24, 2.45) is 0 Å². The summed E-state index contributed by atoms with van der Waals surface area (Å²) in [4.78, 5) is 11.4. The van der Waals surface area contributed by atoms with Crippen LogP contribution in [0.1, 0.15) is 0 Å². The number of amides is 1. The number of rotatable bonds is 4. The lowest BCUT2D eigenvalue weighted by Crippen LogP contribution is -2.37. The minimum atomic E-state index is -0.0735. The molecule has 1 rings (SSSR count). The van der Waals surface area contributed by atoms with Crippen molar-refractivity contribution in [1.82, 2.24) is 10.4 Å². The Morgan fingerprint density at radius 2 is 2.07 bits per heavy atom. The number of carbonyl (C=O) groups is 1. The van der Waals surface area contributed by atoms with E-state index in [0.717, 1.165) is 10.2 Å². The molecule has 0 heterocycles. The zero-order valence-corrected chi connectivity index (χ0v) is 10.3. The van der Waals surface area contributed by atoms with Crippen molar-refractivity contribution in [2.75, 3.05) is 26.0 Å². The smallest absolute Gasteiger partial charge is 0.239 e. The van der Waals surface area contributed by atoms with Gasteiger partial charge in [-0.3, -0.25) is 9.80 Å². The van der Waals surface area contributed by atoms with Crippen LogP contribution in [0.4, 0.5) is 5.69 Å². The fourth-order valence-electron chi connectivity index (χ4n) is 0.987. The lowest BCUT2D eigenvalue weighted by molar-refractivity contribution is -0.116. The molecule has 1 aromatic carbocycles. The number of anilines is 1. The van der Waals surface area contributed by atoms with Crippen LogP contribution in [-0.2, 0) is 4.79 Å². The minimum absolute atomic E-state index is 0.0735. The third-order valence-electron chi connectivity index (χ3n) is 1.70. The van der Waals surface area contributed by atoms with E-state index in [1.807, 2.05) is 38.4 Å². The molecule has 0 aliphatic carbocycles. The number of hydrazine groups is 1. The van der Waals surface area contributed by atoms with Gasteiger partial charge < -0.3 is 5.32 Å². The molecule has 0 aliphatic heterocycles. The third kappa shape index (κ3) is 4.42. The normalized spacial score (nSPS) is 10.4. The van der Waals surface area contributed by atoms with Crippen molar-refractivity contribution >= 4 is 27.5 Å². The molecule has 0 radical (unpaired) electrons. The average molecular weight is 272 g/mol. The van der Waals surface area contributed by atoms with Gasteiger partial charge in [0.15, 0.2) is 0 Å². The maximum absolute atomic E-state index is 11.4. The monoisotopic (exact) mass is 271 g/mol. The molecule has 1 amide bonds. The Hall–Kier alpha value is -0.910. The van der Waals surface area contributed by atoms with E-state index >= 15 is 0 Å². The van der Waals surface area contributed by atoms with Crippen LogP contribution in [0.3, 0.4) is 0 Å². The molecule has 0 unspecified atom stereocenters. The van der Waals surface area contributed by atoms with Gasteiger partial charge in [-0.1, -0.05) is 12.1 Å². The number of halogens is 1. The van der Waals surface area contributed by atoms with Crippen LogP contribution in [0.15, 0.2) is 28.7 Å². The Kier molecular flexibility index (Phi) is 4.74. The zero-order chi connectivity index (χ0) is 11.3. The molecule has 1 aromatic rings. The Morgan fingerprint density at radius 3 is 2.67 bits per heavy atom. The van der Waals surface area contributed by atoms with E-state index in [4.69, 9.17) is 0 Å². The maximum Gasteiger partial charge on any atom is 0.239 e. The molecule has 82 valence electrons. The van der Waals surface area contributed by atoms with Gasteiger partial charge in [-0.25, -0.2) is 5.43 Å². The number of nitrogens with one attached hydrogen (secondary N) is 2. The predicted octanol–water partition coefficient (Wildman–Crippen LogP) is 1.45. The highest BCUT2D eigenvalue weighted by Gasteiger charge is 2.04. The van der Waals surface area contributed by atoms with Gasteiger partial charge in [-0.05, 0) is 28.1 Å². The Bertz CT molecular complexity index is 341. The molecule has 0 bridgehead atoms. The van der Waals surface area contributed by atoms with Crippen molar-refractivity contribution in [3.63, 3.8) is 0 Å². The fourth-order valence-corrected chi connectivity index (χ4v) is 1.37. The number of carbonyl (C=O) groups excluding carboxylic acids is 1. The van der Waals surface area contributed by atoms with Crippen LogP contribution < -0.4 is 10.7 Å². The van der Waals surface area contributed by atoms with E-state index in [0.29, 0.717) is 0 Å². The molecule has 15 heavy (non-hydrogen) atoms. The highest BCUT2D eigenvalue weighted by molar-refractivity contribution is 9.10. The summed E-state index contributed by atoms with van der Waals surface area (Å²) in [5.41, 5.74) is 3.67. The van der Waals surface area contributed by atoms with E-state index in [-0.39, 0.29) is 12.5 Å². The van der Waals surface area contributed by atoms with Gasteiger partial charge in [-0.2, -0.15) is 0 Å². The van der Waals surface area contributed by atoms with Crippen LogP contribution in [0.5, 0.6) is 0 Å². The molecule has 5 heteroatoms. The first kappa shape index (κ1) is 12.2.